The molecule has 0 bridgehead atoms. The third-order valence-corrected chi connectivity index (χ3v) is 3.60. The van der Waals surface area contributed by atoms with Gasteiger partial charge in [0.25, 0.3) is 15.2 Å². The molecule has 7 nitrogen and oxygen atoms in total. The summed E-state index contributed by atoms with van der Waals surface area (Å²) < 4.78 is 29.5. The molecule has 0 atom stereocenters. The van der Waals surface area contributed by atoms with E-state index in [1.54, 1.807) is 6.07 Å². The molecule has 0 amide bonds. The van der Waals surface area contributed by atoms with Crippen LogP contribution < -0.4 is 5.14 Å². The molecule has 0 saturated carbocycles. The van der Waals surface area contributed by atoms with Crippen LogP contribution in [0.15, 0.2) is 39.9 Å². The Morgan fingerprint density at radius 3 is 2.63 bits per heavy atom. The summed E-state index contributed by atoms with van der Waals surface area (Å²) >= 11 is 0. The maximum absolute atomic E-state index is 11.3. The average Bonchev–Trinajstić information content (AvgIpc) is 2.90. The van der Waals surface area contributed by atoms with Crippen molar-refractivity contribution in [3.05, 3.63) is 30.3 Å². The van der Waals surface area contributed by atoms with E-state index in [-0.39, 0.29) is 5.16 Å². The molecule has 3 aromatic rings. The molecule has 0 fully saturated rings. The molecule has 0 aliphatic carbocycles. The molecule has 0 radical (unpaired) electrons. The molecule has 2 aromatic heterocycles. The number of primary sulfonamides is 1. The van der Waals surface area contributed by atoms with Crippen LogP contribution in [-0.2, 0) is 17.1 Å². The van der Waals surface area contributed by atoms with E-state index in [1.807, 2.05) is 24.3 Å². The number of hydrogen-bond acceptors (Lipinski definition) is 5. The van der Waals surface area contributed by atoms with E-state index in [2.05, 4.69) is 10.2 Å². The number of sulfonamides is 1. The Morgan fingerprint density at radius 1 is 1.26 bits per heavy atom. The summed E-state index contributed by atoms with van der Waals surface area (Å²) in [5.74, 6) is 0.742. The lowest BCUT2D eigenvalue weighted by molar-refractivity contribution is 0.578. The number of rotatable bonds is 2. The lowest BCUT2D eigenvalue weighted by Gasteiger charge is -1.98. The van der Waals surface area contributed by atoms with Gasteiger partial charge < -0.3 is 4.42 Å². The van der Waals surface area contributed by atoms with E-state index in [1.165, 1.54) is 11.6 Å². The normalized spacial score (nSPS) is 12.1. The van der Waals surface area contributed by atoms with E-state index in [0.29, 0.717) is 17.2 Å². The first-order valence-corrected chi connectivity index (χ1v) is 6.92. The summed E-state index contributed by atoms with van der Waals surface area (Å²) in [6.45, 7) is 0. The standard InChI is InChI=1S/C11H10N4O3S/c1-15-10(13-14-11(15)19(12,16)17)9-6-7-4-2-3-5-8(7)18-9/h2-6H,1H3,(H2,12,16,17). The fourth-order valence-corrected chi connectivity index (χ4v) is 2.49. The minimum atomic E-state index is -3.90. The van der Waals surface area contributed by atoms with Crippen molar-refractivity contribution in [3.63, 3.8) is 0 Å². The van der Waals surface area contributed by atoms with Crippen molar-refractivity contribution >= 4 is 21.0 Å². The van der Waals surface area contributed by atoms with E-state index >= 15 is 0 Å². The second kappa shape index (κ2) is 3.90. The van der Waals surface area contributed by atoms with Crippen LogP contribution in [0.3, 0.4) is 0 Å². The van der Waals surface area contributed by atoms with Gasteiger partial charge in [-0.1, -0.05) is 18.2 Å². The molecule has 0 aliphatic rings. The average molecular weight is 278 g/mol. The predicted molar refractivity (Wildman–Crippen MR) is 67.6 cm³/mol. The highest BCUT2D eigenvalue weighted by atomic mass is 32.2. The van der Waals surface area contributed by atoms with Crippen molar-refractivity contribution in [2.24, 2.45) is 12.2 Å². The van der Waals surface area contributed by atoms with E-state index in [4.69, 9.17) is 9.56 Å². The third-order valence-electron chi connectivity index (χ3n) is 2.74. The Hall–Kier alpha value is -2.19. The molecule has 8 heteroatoms. The maximum atomic E-state index is 11.3. The molecular weight excluding hydrogens is 268 g/mol. The van der Waals surface area contributed by atoms with Crippen molar-refractivity contribution in [3.8, 4) is 11.6 Å². The van der Waals surface area contributed by atoms with Gasteiger partial charge in [-0.15, -0.1) is 10.2 Å². The van der Waals surface area contributed by atoms with Gasteiger partial charge in [-0.2, -0.15) is 0 Å². The summed E-state index contributed by atoms with van der Waals surface area (Å²) in [5, 5.41) is 13.0. The lowest BCUT2D eigenvalue weighted by Crippen LogP contribution is -2.17. The monoisotopic (exact) mass is 278 g/mol. The number of nitrogens with two attached hydrogens (primary N) is 1. The number of para-hydroxylation sites is 1. The quantitative estimate of drug-likeness (QED) is 0.749. The number of nitrogens with zero attached hydrogens (tertiary/aromatic N) is 3. The summed E-state index contributed by atoms with van der Waals surface area (Å²) in [5.41, 5.74) is 0.692. The van der Waals surface area contributed by atoms with Gasteiger partial charge in [0.15, 0.2) is 11.6 Å². The number of benzene rings is 1. The first-order chi connectivity index (χ1) is 8.97. The molecule has 2 heterocycles. The van der Waals surface area contributed by atoms with Crippen molar-refractivity contribution in [1.29, 1.82) is 0 Å². The first kappa shape index (κ1) is 11.9. The molecule has 98 valence electrons. The second-order valence-corrected chi connectivity index (χ2v) is 5.51. The Morgan fingerprint density at radius 2 is 2.00 bits per heavy atom. The number of fused-ring (bicyclic) bond motifs is 1. The van der Waals surface area contributed by atoms with E-state index < -0.39 is 10.0 Å². The topological polar surface area (TPSA) is 104 Å². The highest BCUT2D eigenvalue weighted by molar-refractivity contribution is 7.89. The zero-order valence-electron chi connectivity index (χ0n) is 9.94. The van der Waals surface area contributed by atoms with Gasteiger partial charge in [0.05, 0.1) is 0 Å². The largest absolute Gasteiger partial charge is 0.453 e. The fraction of sp³-hybridized carbons (Fsp3) is 0.0909. The Labute approximate surface area is 108 Å². The molecule has 1 aromatic carbocycles. The smallest absolute Gasteiger partial charge is 0.273 e. The van der Waals surface area contributed by atoms with Crippen LogP contribution in [0.5, 0.6) is 0 Å². The summed E-state index contributed by atoms with van der Waals surface area (Å²) in [4.78, 5) is 0. The van der Waals surface area contributed by atoms with Gasteiger partial charge in [-0.25, -0.2) is 13.6 Å². The van der Waals surface area contributed by atoms with Gasteiger partial charge in [0.1, 0.15) is 5.58 Å². The molecule has 2 N–H and O–H groups in total. The zero-order chi connectivity index (χ0) is 13.6. The van der Waals surface area contributed by atoms with Crippen molar-refractivity contribution in [2.75, 3.05) is 0 Å². The van der Waals surface area contributed by atoms with Crippen LogP contribution in [0.2, 0.25) is 0 Å². The molecule has 0 spiro atoms. The Bertz CT molecular complexity index is 830. The van der Waals surface area contributed by atoms with Crippen LogP contribution in [0.4, 0.5) is 0 Å². The zero-order valence-corrected chi connectivity index (χ0v) is 10.8. The van der Waals surface area contributed by atoms with Gasteiger partial charge in [-0.3, -0.25) is 4.57 Å². The van der Waals surface area contributed by atoms with Crippen LogP contribution in [0.25, 0.3) is 22.6 Å². The first-order valence-electron chi connectivity index (χ1n) is 5.38. The highest BCUT2D eigenvalue weighted by Gasteiger charge is 2.21. The van der Waals surface area contributed by atoms with Crippen molar-refractivity contribution in [2.45, 2.75) is 5.16 Å². The Balaban J connectivity index is 2.20. The maximum Gasteiger partial charge on any atom is 0.273 e. The van der Waals surface area contributed by atoms with Gasteiger partial charge in [0.2, 0.25) is 0 Å². The predicted octanol–water partition coefficient (Wildman–Crippen LogP) is 0.876. The summed E-state index contributed by atoms with van der Waals surface area (Å²) in [7, 11) is -2.39. The number of aromatic nitrogens is 3. The molecule has 0 aliphatic heterocycles. The van der Waals surface area contributed by atoms with Gasteiger partial charge >= 0.3 is 0 Å². The van der Waals surface area contributed by atoms with Gasteiger partial charge in [-0.05, 0) is 12.1 Å². The minimum Gasteiger partial charge on any atom is -0.453 e. The lowest BCUT2D eigenvalue weighted by atomic mass is 10.2. The summed E-state index contributed by atoms with van der Waals surface area (Å²) in [6.07, 6.45) is 0. The second-order valence-electron chi connectivity index (χ2n) is 4.06. The van der Waals surface area contributed by atoms with Crippen LogP contribution >= 0.6 is 0 Å². The fourth-order valence-electron chi connectivity index (χ4n) is 1.87. The molecule has 3 rings (SSSR count). The Kier molecular flexibility index (Phi) is 2.44. The van der Waals surface area contributed by atoms with Crippen LogP contribution in [0.1, 0.15) is 0 Å². The van der Waals surface area contributed by atoms with E-state index in [0.717, 1.165) is 5.39 Å². The number of hydrogen-bond donors (Lipinski definition) is 1. The molecule has 0 unspecified atom stereocenters. The van der Waals surface area contributed by atoms with Crippen LogP contribution in [0, 0.1) is 0 Å². The van der Waals surface area contributed by atoms with Crippen molar-refractivity contribution < 1.29 is 12.8 Å². The van der Waals surface area contributed by atoms with Crippen LogP contribution in [-0.4, -0.2) is 23.2 Å². The van der Waals surface area contributed by atoms with Crippen molar-refractivity contribution in [1.82, 2.24) is 14.8 Å². The third kappa shape index (κ3) is 1.90. The molecular formula is C11H10N4O3S. The number of furan rings is 1. The minimum absolute atomic E-state index is 0.303. The molecule has 0 saturated heterocycles. The SMILES string of the molecule is Cn1c(-c2cc3ccccc3o2)nnc1S(N)(=O)=O. The molecule has 19 heavy (non-hydrogen) atoms. The van der Waals surface area contributed by atoms with Gasteiger partial charge in [0, 0.05) is 12.4 Å². The van der Waals surface area contributed by atoms with E-state index in [9.17, 15) is 8.42 Å². The highest BCUT2D eigenvalue weighted by Crippen LogP contribution is 2.26. The summed E-state index contributed by atoms with van der Waals surface area (Å²) in [6, 6.07) is 9.21.